The van der Waals surface area contributed by atoms with Gasteiger partial charge in [-0.1, -0.05) is 97.1 Å². The summed E-state index contributed by atoms with van der Waals surface area (Å²) in [5.41, 5.74) is 8.79. The van der Waals surface area contributed by atoms with E-state index in [9.17, 15) is 0 Å². The molecule has 0 saturated carbocycles. The molecule has 12 aromatic rings. The molecule has 6 heterocycles. The maximum atomic E-state index is 7.16. The Hall–Kier alpha value is -6.54. The van der Waals surface area contributed by atoms with Gasteiger partial charge in [0.25, 0.3) is 6.71 Å². The van der Waals surface area contributed by atoms with Crippen LogP contribution in [0.3, 0.4) is 0 Å². The summed E-state index contributed by atoms with van der Waals surface area (Å²) in [7, 11) is 0. The molecule has 0 atom stereocenters. The Morgan fingerprint density at radius 1 is 0.400 bits per heavy atom. The number of hydrogen-bond donors (Lipinski definition) is 0. The summed E-state index contributed by atoms with van der Waals surface area (Å²) in [5, 5.41) is 9.19. The Balaban J connectivity index is 1.20. The largest absolute Gasteiger partial charge is 0.457 e. The molecule has 0 N–H and O–H groups in total. The molecule has 4 aromatic heterocycles. The van der Waals surface area contributed by atoms with E-state index in [-0.39, 0.29) is 6.71 Å². The number of benzene rings is 8. The van der Waals surface area contributed by atoms with E-state index in [2.05, 4.69) is 127 Å². The number of rotatable bonds is 1. The minimum Gasteiger partial charge on any atom is -0.457 e. The van der Waals surface area contributed by atoms with Crippen molar-refractivity contribution >= 4 is 130 Å². The highest BCUT2D eigenvalue weighted by Crippen LogP contribution is 2.52. The summed E-state index contributed by atoms with van der Waals surface area (Å²) >= 11 is 3.62. The lowest BCUT2D eigenvalue weighted by Crippen LogP contribution is -2.57. The van der Waals surface area contributed by atoms with E-state index < -0.39 is 0 Å². The van der Waals surface area contributed by atoms with Crippen molar-refractivity contribution in [3.8, 4) is 34.1 Å². The highest BCUT2D eigenvalue weighted by molar-refractivity contribution is 7.28. The summed E-state index contributed by atoms with van der Waals surface area (Å²) in [6, 6.07) is 49.1. The zero-order chi connectivity index (χ0) is 35.5. The maximum Gasteiger partial charge on any atom is 0.267 e. The van der Waals surface area contributed by atoms with Crippen molar-refractivity contribution in [2.45, 2.75) is 0 Å². The molecule has 0 unspecified atom stereocenters. The molecule has 0 spiro atoms. The van der Waals surface area contributed by atoms with E-state index in [1.807, 2.05) is 23.5 Å². The summed E-state index contributed by atoms with van der Waals surface area (Å²) in [4.78, 5) is 0. The third kappa shape index (κ3) is 3.58. The molecule has 0 saturated heterocycles. The summed E-state index contributed by atoms with van der Waals surface area (Å²) in [6.45, 7) is -0.252. The Bertz CT molecular complexity index is 3670. The molecule has 14 rings (SSSR count). The molecule has 8 aromatic carbocycles. The van der Waals surface area contributed by atoms with Crippen LogP contribution in [-0.4, -0.2) is 6.71 Å². The fourth-order valence-electron chi connectivity index (χ4n) is 9.55. The van der Waals surface area contributed by atoms with Gasteiger partial charge in [0.2, 0.25) is 0 Å². The van der Waals surface area contributed by atoms with E-state index >= 15 is 0 Å². The molecule has 0 amide bonds. The van der Waals surface area contributed by atoms with Gasteiger partial charge in [0.05, 0.1) is 4.70 Å². The van der Waals surface area contributed by atoms with E-state index in [0.29, 0.717) is 0 Å². The number of hydrogen-bond acceptors (Lipinski definition) is 6. The molecule has 0 aliphatic carbocycles. The van der Waals surface area contributed by atoms with Crippen molar-refractivity contribution in [1.82, 2.24) is 0 Å². The van der Waals surface area contributed by atoms with Gasteiger partial charge in [0.15, 0.2) is 11.3 Å². The lowest BCUT2D eigenvalue weighted by Gasteiger charge is -2.33. The van der Waals surface area contributed by atoms with Crippen LogP contribution in [0.1, 0.15) is 0 Å². The van der Waals surface area contributed by atoms with Crippen molar-refractivity contribution in [3.63, 3.8) is 0 Å². The van der Waals surface area contributed by atoms with Gasteiger partial charge < -0.3 is 18.3 Å². The van der Waals surface area contributed by atoms with Crippen LogP contribution in [-0.2, 0) is 0 Å². The molecule has 55 heavy (non-hydrogen) atoms. The molecule has 0 radical (unpaired) electrons. The summed E-state index contributed by atoms with van der Waals surface area (Å²) < 4.78 is 33.0. The maximum absolute atomic E-state index is 7.16. The number of para-hydroxylation sites is 1. The SMILES string of the molecule is c1ccc(-c2ccc3oc4c5c(c6sc7ccccc7c6c4c3c2)Oc2cccc3c2B5c2c(c4oc5ccccc5c4c4c2sc2ccccc24)O3)cc1. The van der Waals surface area contributed by atoms with Gasteiger partial charge in [0, 0.05) is 68.1 Å². The van der Waals surface area contributed by atoms with Crippen molar-refractivity contribution in [3.05, 3.63) is 140 Å². The zero-order valence-electron chi connectivity index (χ0n) is 28.8. The molecule has 0 bridgehead atoms. The van der Waals surface area contributed by atoms with Crippen molar-refractivity contribution in [1.29, 1.82) is 0 Å². The topological polar surface area (TPSA) is 44.7 Å². The molecule has 4 nitrogen and oxygen atoms in total. The predicted octanol–water partition coefficient (Wildman–Crippen LogP) is 12.6. The predicted molar refractivity (Wildman–Crippen MR) is 230 cm³/mol. The average Bonchev–Trinajstić information content (AvgIpc) is 4.01. The second-order valence-electron chi connectivity index (χ2n) is 14.6. The summed E-state index contributed by atoms with van der Waals surface area (Å²) in [5.74, 6) is 3.20. The van der Waals surface area contributed by atoms with Gasteiger partial charge in [-0.25, -0.2) is 0 Å². The van der Waals surface area contributed by atoms with Crippen LogP contribution in [0.4, 0.5) is 0 Å². The van der Waals surface area contributed by atoms with E-state index in [0.717, 1.165) is 93.5 Å². The molecular formula is C48H23BO4S2. The van der Waals surface area contributed by atoms with Crippen molar-refractivity contribution in [2.24, 2.45) is 0 Å². The Labute approximate surface area is 320 Å². The van der Waals surface area contributed by atoms with E-state index in [1.54, 1.807) is 11.3 Å². The lowest BCUT2D eigenvalue weighted by atomic mass is 9.34. The van der Waals surface area contributed by atoms with Crippen LogP contribution >= 0.6 is 22.7 Å². The van der Waals surface area contributed by atoms with Gasteiger partial charge in [-0.15, -0.1) is 22.7 Å². The third-order valence-corrected chi connectivity index (χ3v) is 14.2. The number of furan rings is 2. The normalized spacial score (nSPS) is 13.3. The Morgan fingerprint density at radius 3 is 1.82 bits per heavy atom. The van der Waals surface area contributed by atoms with E-state index in [4.69, 9.17) is 18.3 Å². The van der Waals surface area contributed by atoms with Gasteiger partial charge in [-0.2, -0.15) is 0 Å². The first kappa shape index (κ1) is 28.9. The zero-order valence-corrected chi connectivity index (χ0v) is 30.4. The first-order valence-electron chi connectivity index (χ1n) is 18.4. The second-order valence-corrected chi connectivity index (χ2v) is 16.7. The summed E-state index contributed by atoms with van der Waals surface area (Å²) in [6.07, 6.45) is 0. The van der Waals surface area contributed by atoms with Gasteiger partial charge >= 0.3 is 0 Å². The van der Waals surface area contributed by atoms with Gasteiger partial charge in [0.1, 0.15) is 34.0 Å². The minimum atomic E-state index is -0.252. The quantitative estimate of drug-likeness (QED) is 0.157. The first-order valence-corrected chi connectivity index (χ1v) is 20.1. The Morgan fingerprint density at radius 2 is 1.02 bits per heavy atom. The highest BCUT2D eigenvalue weighted by Gasteiger charge is 2.46. The number of fused-ring (bicyclic) bond motifs is 22. The van der Waals surface area contributed by atoms with Crippen LogP contribution in [0.25, 0.3) is 95.3 Å². The van der Waals surface area contributed by atoms with E-state index in [1.165, 1.54) is 41.2 Å². The fourth-order valence-corrected chi connectivity index (χ4v) is 12.0. The Kier molecular flexibility index (Phi) is 5.34. The smallest absolute Gasteiger partial charge is 0.267 e. The molecule has 7 heteroatoms. The molecular weight excluding hydrogens is 715 g/mol. The lowest BCUT2D eigenvalue weighted by molar-refractivity contribution is 0.464. The minimum absolute atomic E-state index is 0.252. The highest BCUT2D eigenvalue weighted by atomic mass is 32.1. The first-order chi connectivity index (χ1) is 27.3. The second kappa shape index (κ2) is 10.2. The monoisotopic (exact) mass is 738 g/mol. The molecule has 2 aliphatic rings. The number of thiophene rings is 2. The van der Waals surface area contributed by atoms with Gasteiger partial charge in [-0.05, 0) is 59.1 Å². The molecule has 2 aliphatic heterocycles. The van der Waals surface area contributed by atoms with Gasteiger partial charge in [-0.3, -0.25) is 0 Å². The van der Waals surface area contributed by atoms with Crippen molar-refractivity contribution < 1.29 is 18.3 Å². The molecule has 0 fully saturated rings. The fraction of sp³-hybridized carbons (Fsp3) is 0. The van der Waals surface area contributed by atoms with Crippen LogP contribution in [0, 0.1) is 0 Å². The van der Waals surface area contributed by atoms with Crippen molar-refractivity contribution in [2.75, 3.05) is 0 Å². The van der Waals surface area contributed by atoms with Crippen LogP contribution in [0.15, 0.2) is 148 Å². The number of ether oxygens (including phenoxy) is 2. The van der Waals surface area contributed by atoms with Crippen LogP contribution in [0.5, 0.6) is 23.0 Å². The van der Waals surface area contributed by atoms with Crippen LogP contribution < -0.4 is 25.9 Å². The standard InChI is InChI=1S/C48H23BO4S2/c1-2-11-24(12-3-1)25-21-22-31-29(23-25)37-39-28-15-6-9-20-35(28)55-48(39)46-41(43(37)50-31)49-40-32(17-10-18-33(40)53-46)52-45-42(49)47-38(27-14-5-8-19-34(27)54-47)36-26-13-4-7-16-30(26)51-44(36)45/h1-23H. The molecule has 254 valence electrons. The third-order valence-electron chi connectivity index (χ3n) is 11.8. The average molecular weight is 739 g/mol. The van der Waals surface area contributed by atoms with Crippen LogP contribution in [0.2, 0.25) is 0 Å².